The van der Waals surface area contributed by atoms with E-state index in [9.17, 15) is 14.4 Å². The monoisotopic (exact) mass is 601 g/mol. The van der Waals surface area contributed by atoms with Gasteiger partial charge in [-0.25, -0.2) is 0 Å². The quantitative estimate of drug-likeness (QED) is 0.297. The lowest BCUT2D eigenvalue weighted by Crippen LogP contribution is -2.51. The van der Waals surface area contributed by atoms with E-state index in [1.165, 1.54) is 0 Å². The fourth-order valence-electron chi connectivity index (χ4n) is 6.39. The molecule has 1 fully saturated rings. The molecule has 222 valence electrons. The van der Waals surface area contributed by atoms with Crippen LogP contribution in [0, 0.1) is 11.3 Å². The van der Waals surface area contributed by atoms with Crippen LogP contribution in [-0.4, -0.2) is 51.1 Å². The highest BCUT2D eigenvalue weighted by molar-refractivity contribution is 6.47. The van der Waals surface area contributed by atoms with E-state index in [-0.39, 0.29) is 41.6 Å². The molecule has 1 aromatic carbocycles. The van der Waals surface area contributed by atoms with Crippen molar-refractivity contribution >= 4 is 46.7 Å². The summed E-state index contributed by atoms with van der Waals surface area (Å²) in [5.74, 6) is -0.829. The molecule has 1 saturated carbocycles. The molecule has 0 bridgehead atoms. The van der Waals surface area contributed by atoms with E-state index in [0.717, 1.165) is 49.7 Å². The van der Waals surface area contributed by atoms with Gasteiger partial charge >= 0.3 is 5.97 Å². The van der Waals surface area contributed by atoms with Crippen molar-refractivity contribution in [3.63, 3.8) is 0 Å². The number of nitrogens with one attached hydrogen (secondary N) is 1. The predicted octanol–water partition coefficient (Wildman–Crippen LogP) is 7.01. The summed E-state index contributed by atoms with van der Waals surface area (Å²) in [6.45, 7) is 9.01. The van der Waals surface area contributed by atoms with Crippen LogP contribution >= 0.6 is 23.2 Å². The highest BCUT2D eigenvalue weighted by atomic mass is 35.5. The van der Waals surface area contributed by atoms with Gasteiger partial charge < -0.3 is 15.3 Å². The second kappa shape index (κ2) is 12.7. The SMILES string of the molecule is CCCC(c1ccc(C(=O)NCCC(=O)O)cc1)N1C(=O)C(C2=CC(Cl)=CC(Cl)C2)=NC12CCC(C(C)(C)C)CC2. The minimum Gasteiger partial charge on any atom is -0.481 e. The molecule has 2 N–H and O–H groups in total. The van der Waals surface area contributed by atoms with Gasteiger partial charge in [-0.05, 0) is 85.3 Å². The Balaban J connectivity index is 1.67. The van der Waals surface area contributed by atoms with Crippen molar-refractivity contribution in [1.29, 1.82) is 0 Å². The molecule has 0 aromatic heterocycles. The Morgan fingerprint density at radius 2 is 1.85 bits per heavy atom. The lowest BCUT2D eigenvalue weighted by atomic mass is 9.69. The number of carbonyl (C=O) groups is 3. The molecule has 1 heterocycles. The highest BCUT2D eigenvalue weighted by Gasteiger charge is 2.53. The maximum atomic E-state index is 14.3. The van der Waals surface area contributed by atoms with Crippen molar-refractivity contribution in [2.24, 2.45) is 16.3 Å². The first kappa shape index (κ1) is 31.3. The Morgan fingerprint density at radius 3 is 2.41 bits per heavy atom. The van der Waals surface area contributed by atoms with E-state index in [4.69, 9.17) is 33.3 Å². The van der Waals surface area contributed by atoms with Crippen molar-refractivity contribution in [2.75, 3.05) is 6.54 Å². The molecule has 9 heteroatoms. The second-order valence-corrected chi connectivity index (χ2v) is 13.5. The molecule has 0 radical (unpaired) electrons. The Hall–Kier alpha value is -2.64. The van der Waals surface area contributed by atoms with Crippen molar-refractivity contribution in [1.82, 2.24) is 10.2 Å². The molecule has 2 atom stereocenters. The second-order valence-electron chi connectivity index (χ2n) is 12.5. The Kier molecular flexibility index (Phi) is 9.70. The summed E-state index contributed by atoms with van der Waals surface area (Å²) in [4.78, 5) is 44.9. The first-order valence-corrected chi connectivity index (χ1v) is 15.4. The van der Waals surface area contributed by atoms with E-state index in [2.05, 4.69) is 33.0 Å². The molecule has 1 spiro atoms. The van der Waals surface area contributed by atoms with Crippen LogP contribution in [0.3, 0.4) is 0 Å². The molecule has 41 heavy (non-hydrogen) atoms. The molecule has 2 aliphatic carbocycles. The van der Waals surface area contributed by atoms with Crippen LogP contribution in [0.25, 0.3) is 0 Å². The van der Waals surface area contributed by atoms with E-state index >= 15 is 0 Å². The van der Waals surface area contributed by atoms with Crippen molar-refractivity contribution in [2.45, 2.75) is 96.1 Å². The number of rotatable bonds is 9. The number of allylic oxidation sites excluding steroid dienone is 3. The summed E-state index contributed by atoms with van der Waals surface area (Å²) in [5.41, 5.74) is 2.18. The zero-order valence-electron chi connectivity index (χ0n) is 24.4. The number of hydrogen-bond donors (Lipinski definition) is 2. The van der Waals surface area contributed by atoms with Crippen LogP contribution < -0.4 is 5.32 Å². The van der Waals surface area contributed by atoms with Gasteiger partial charge in [-0.2, -0.15) is 0 Å². The number of amides is 2. The average molecular weight is 603 g/mol. The van der Waals surface area contributed by atoms with Crippen LogP contribution in [0.5, 0.6) is 0 Å². The largest absolute Gasteiger partial charge is 0.481 e. The van der Waals surface area contributed by atoms with Gasteiger partial charge in [-0.15, -0.1) is 11.6 Å². The molecule has 3 aliphatic rings. The number of aliphatic imine (C=N–C) groups is 1. The average Bonchev–Trinajstić information content (AvgIpc) is 3.17. The van der Waals surface area contributed by atoms with Gasteiger partial charge in [-0.1, -0.05) is 57.8 Å². The number of nitrogens with zero attached hydrogens (tertiary/aromatic N) is 2. The van der Waals surface area contributed by atoms with Crippen LogP contribution in [0.4, 0.5) is 0 Å². The van der Waals surface area contributed by atoms with Crippen molar-refractivity contribution in [3.8, 4) is 0 Å². The smallest absolute Gasteiger partial charge is 0.305 e. The number of benzene rings is 1. The number of halogens is 2. The van der Waals surface area contributed by atoms with Crippen molar-refractivity contribution < 1.29 is 19.5 Å². The number of carboxylic acid groups (broad SMARTS) is 1. The molecule has 4 rings (SSSR count). The molecule has 7 nitrogen and oxygen atoms in total. The Labute approximate surface area is 253 Å². The normalized spacial score (nSPS) is 25.5. The summed E-state index contributed by atoms with van der Waals surface area (Å²) in [5, 5.41) is 11.7. The summed E-state index contributed by atoms with van der Waals surface area (Å²) >= 11 is 12.8. The van der Waals surface area contributed by atoms with Gasteiger partial charge in [0, 0.05) is 17.1 Å². The lowest BCUT2D eigenvalue weighted by molar-refractivity contribution is -0.137. The van der Waals surface area contributed by atoms with Gasteiger partial charge in [-0.3, -0.25) is 19.4 Å². The third-order valence-electron chi connectivity index (χ3n) is 8.63. The first-order valence-electron chi connectivity index (χ1n) is 14.6. The van der Waals surface area contributed by atoms with Crippen LogP contribution in [0.15, 0.2) is 52.0 Å². The maximum absolute atomic E-state index is 14.3. The lowest BCUT2D eigenvalue weighted by Gasteiger charge is -2.47. The van der Waals surface area contributed by atoms with Gasteiger partial charge in [0.25, 0.3) is 11.8 Å². The summed E-state index contributed by atoms with van der Waals surface area (Å²) in [7, 11) is 0. The van der Waals surface area contributed by atoms with E-state index in [0.29, 0.717) is 28.6 Å². The molecule has 1 aliphatic heterocycles. The molecule has 2 amide bonds. The first-order chi connectivity index (χ1) is 19.3. The number of carboxylic acids is 1. The van der Waals surface area contributed by atoms with Crippen LogP contribution in [0.2, 0.25) is 0 Å². The maximum Gasteiger partial charge on any atom is 0.305 e. The zero-order chi connectivity index (χ0) is 29.9. The predicted molar refractivity (Wildman–Crippen MR) is 163 cm³/mol. The molecule has 2 unspecified atom stereocenters. The fraction of sp³-hybridized carbons (Fsp3) is 0.562. The van der Waals surface area contributed by atoms with Gasteiger partial charge in [0.05, 0.1) is 17.8 Å². The Morgan fingerprint density at radius 1 is 1.20 bits per heavy atom. The third-order valence-corrected chi connectivity index (χ3v) is 9.14. The van der Waals surface area contributed by atoms with E-state index in [1.54, 1.807) is 18.2 Å². The zero-order valence-corrected chi connectivity index (χ0v) is 25.9. The number of alkyl halides is 1. The van der Waals surface area contributed by atoms with E-state index < -0.39 is 11.6 Å². The molecular formula is C32H41Cl2N3O4. The summed E-state index contributed by atoms with van der Waals surface area (Å²) in [6.07, 6.45) is 9.13. The minimum absolute atomic E-state index is 0.0626. The van der Waals surface area contributed by atoms with E-state index in [1.807, 2.05) is 23.1 Å². The number of aliphatic carboxylic acids is 1. The van der Waals surface area contributed by atoms with Crippen LogP contribution in [-0.2, 0) is 9.59 Å². The minimum atomic E-state index is -0.964. The molecule has 0 saturated heterocycles. The number of carbonyl (C=O) groups excluding carboxylic acids is 2. The standard InChI is InChI=1S/C32H41Cl2N3O4/c1-5-6-26(20-7-9-21(10-8-20)29(40)35-16-13-27(38)39)37-30(41)28(22-17-24(33)19-25(34)18-22)36-32(37)14-11-23(12-15-32)31(2,3)4/h7-10,17,19,23,25-26H,5-6,11-16,18H2,1-4H3,(H,35,40)(H,38,39). The topological polar surface area (TPSA) is 99.1 Å². The van der Waals surface area contributed by atoms with Crippen LogP contribution in [0.1, 0.15) is 101 Å². The number of hydrogen-bond acceptors (Lipinski definition) is 4. The van der Waals surface area contributed by atoms with Crippen molar-refractivity contribution in [3.05, 3.63) is 58.1 Å². The summed E-state index contributed by atoms with van der Waals surface area (Å²) in [6, 6.07) is 7.07. The van der Waals surface area contributed by atoms with Gasteiger partial charge in [0.2, 0.25) is 0 Å². The Bertz CT molecular complexity index is 1250. The molecular weight excluding hydrogens is 561 g/mol. The highest BCUT2D eigenvalue weighted by Crippen LogP contribution is 2.50. The molecule has 1 aromatic rings. The van der Waals surface area contributed by atoms with Gasteiger partial charge in [0.1, 0.15) is 11.4 Å². The third kappa shape index (κ3) is 7.06. The summed E-state index contributed by atoms with van der Waals surface area (Å²) < 4.78 is 0. The fourth-order valence-corrected chi connectivity index (χ4v) is 7.04. The van der Waals surface area contributed by atoms with Gasteiger partial charge in [0.15, 0.2) is 0 Å².